The maximum atomic E-state index is 9.82. The van der Waals surface area contributed by atoms with Crippen molar-refractivity contribution in [1.29, 1.82) is 0 Å². The lowest BCUT2D eigenvalue weighted by molar-refractivity contribution is -0.114. The van der Waals surface area contributed by atoms with Crippen LogP contribution in [0.5, 0.6) is 0 Å². The first-order valence-electron chi connectivity index (χ1n) is 4.67. The largest absolute Gasteiger partial charge is 0.394 e. The van der Waals surface area contributed by atoms with Crippen molar-refractivity contribution in [2.45, 2.75) is 33.0 Å². The molecule has 0 heterocycles. The molecule has 0 saturated carbocycles. The highest BCUT2D eigenvalue weighted by molar-refractivity contribution is 5.90. The topological polar surface area (TPSA) is 92.8 Å². The fourth-order valence-electron chi connectivity index (χ4n) is 0.356. The van der Waals surface area contributed by atoms with Gasteiger partial charge in [0.05, 0.1) is 25.4 Å². The predicted octanol–water partition coefficient (Wildman–Crippen LogP) is -0.188. The highest BCUT2D eigenvalue weighted by Gasteiger charge is 2.00. The van der Waals surface area contributed by atoms with Gasteiger partial charge in [0.15, 0.2) is 0 Å². The molecule has 5 nitrogen and oxygen atoms in total. The van der Waals surface area contributed by atoms with Gasteiger partial charge in [0.1, 0.15) is 0 Å². The zero-order chi connectivity index (χ0) is 12.4. The Morgan fingerprint density at radius 3 is 2.13 bits per heavy atom. The van der Waals surface area contributed by atoms with E-state index in [2.05, 4.69) is 6.58 Å². The molecule has 0 aliphatic heterocycles. The van der Waals surface area contributed by atoms with E-state index in [-0.39, 0.29) is 12.7 Å². The second-order valence-corrected chi connectivity index (χ2v) is 3.32. The third kappa shape index (κ3) is 15.8. The van der Waals surface area contributed by atoms with Gasteiger partial charge in [0, 0.05) is 5.57 Å². The molecule has 0 rings (SSSR count). The minimum Gasteiger partial charge on any atom is -0.394 e. The number of nitrogens with two attached hydrogens (primary N) is 1. The van der Waals surface area contributed by atoms with Crippen molar-refractivity contribution in [3.05, 3.63) is 12.2 Å². The molecule has 90 valence electrons. The first-order valence-corrected chi connectivity index (χ1v) is 4.67. The summed E-state index contributed by atoms with van der Waals surface area (Å²) >= 11 is 0. The summed E-state index contributed by atoms with van der Waals surface area (Å²) < 4.78 is 4.95. The van der Waals surface area contributed by atoms with Gasteiger partial charge in [-0.2, -0.15) is 0 Å². The molecule has 0 fully saturated rings. The van der Waals surface area contributed by atoms with E-state index < -0.39 is 12.0 Å². The van der Waals surface area contributed by atoms with Gasteiger partial charge in [0.25, 0.3) is 0 Å². The van der Waals surface area contributed by atoms with Gasteiger partial charge in [-0.3, -0.25) is 4.79 Å². The molecule has 0 radical (unpaired) electrons. The molecule has 0 aromatic heterocycles. The Morgan fingerprint density at radius 1 is 1.53 bits per heavy atom. The molecule has 4 N–H and O–H groups in total. The van der Waals surface area contributed by atoms with E-state index in [1.807, 2.05) is 0 Å². The van der Waals surface area contributed by atoms with Gasteiger partial charge < -0.3 is 20.7 Å². The highest BCUT2D eigenvalue weighted by Crippen LogP contribution is 1.90. The van der Waals surface area contributed by atoms with Gasteiger partial charge in [-0.15, -0.1) is 0 Å². The Balaban J connectivity index is 0. The van der Waals surface area contributed by atoms with Crippen LogP contribution in [-0.2, 0) is 9.53 Å². The predicted molar refractivity (Wildman–Crippen MR) is 58.2 cm³/mol. The van der Waals surface area contributed by atoms with E-state index >= 15 is 0 Å². The number of primary amides is 1. The maximum Gasteiger partial charge on any atom is 0.243 e. The number of hydrogen-bond acceptors (Lipinski definition) is 4. The van der Waals surface area contributed by atoms with Crippen molar-refractivity contribution in [3.8, 4) is 0 Å². The van der Waals surface area contributed by atoms with E-state index in [4.69, 9.17) is 20.7 Å². The monoisotopic (exact) mass is 219 g/mol. The lowest BCUT2D eigenvalue weighted by atomic mass is 10.3. The van der Waals surface area contributed by atoms with Gasteiger partial charge >= 0.3 is 0 Å². The van der Waals surface area contributed by atoms with Gasteiger partial charge in [0.2, 0.25) is 5.91 Å². The standard InChI is InChI=1S/C6H14O3.C4H7NO/c1-5(8)4-9-6(2)3-7;1-3(2)4(5)6/h5-8H,3-4H2,1-2H3;1H2,2H3,(H2,5,6). The smallest absolute Gasteiger partial charge is 0.243 e. The number of aliphatic hydroxyl groups excluding tert-OH is 2. The lowest BCUT2D eigenvalue weighted by Crippen LogP contribution is -2.19. The molecule has 0 saturated heterocycles. The number of ether oxygens (including phenoxy) is 1. The van der Waals surface area contributed by atoms with Crippen molar-refractivity contribution in [2.24, 2.45) is 5.73 Å². The van der Waals surface area contributed by atoms with Crippen LogP contribution in [0.3, 0.4) is 0 Å². The number of hydrogen-bond donors (Lipinski definition) is 3. The summed E-state index contributed by atoms with van der Waals surface area (Å²) in [7, 11) is 0. The summed E-state index contributed by atoms with van der Waals surface area (Å²) in [6.07, 6.45) is -0.612. The minimum atomic E-state index is -0.445. The Bertz CT molecular complexity index is 180. The van der Waals surface area contributed by atoms with Crippen LogP contribution in [0.1, 0.15) is 20.8 Å². The van der Waals surface area contributed by atoms with Crippen LogP contribution in [0, 0.1) is 0 Å². The normalized spacial score (nSPS) is 13.4. The van der Waals surface area contributed by atoms with Crippen molar-refractivity contribution < 1.29 is 19.7 Å². The molecule has 2 unspecified atom stereocenters. The molecule has 0 aliphatic carbocycles. The fourth-order valence-corrected chi connectivity index (χ4v) is 0.356. The van der Waals surface area contributed by atoms with E-state index in [1.54, 1.807) is 20.8 Å². The Labute approximate surface area is 90.5 Å². The van der Waals surface area contributed by atoms with Crippen LogP contribution in [-0.4, -0.2) is 41.5 Å². The van der Waals surface area contributed by atoms with Crippen molar-refractivity contribution in [2.75, 3.05) is 13.2 Å². The van der Waals surface area contributed by atoms with Gasteiger partial charge in [-0.1, -0.05) is 6.58 Å². The molecule has 0 bridgehead atoms. The van der Waals surface area contributed by atoms with Crippen LogP contribution in [0.2, 0.25) is 0 Å². The molecule has 15 heavy (non-hydrogen) atoms. The fraction of sp³-hybridized carbons (Fsp3) is 0.700. The van der Waals surface area contributed by atoms with Gasteiger partial charge in [-0.25, -0.2) is 0 Å². The summed E-state index contributed by atoms with van der Waals surface area (Å²) in [4.78, 5) is 9.82. The molecule has 2 atom stereocenters. The van der Waals surface area contributed by atoms with Gasteiger partial charge in [-0.05, 0) is 20.8 Å². The second kappa shape index (κ2) is 9.64. The first-order chi connectivity index (χ1) is 6.81. The minimum absolute atomic E-state index is 0.00667. The average Bonchev–Trinajstić information content (AvgIpc) is 2.14. The van der Waals surface area contributed by atoms with Crippen LogP contribution in [0.25, 0.3) is 0 Å². The van der Waals surface area contributed by atoms with Crippen LogP contribution in [0.4, 0.5) is 0 Å². The lowest BCUT2D eigenvalue weighted by Gasteiger charge is -2.10. The van der Waals surface area contributed by atoms with E-state index in [0.29, 0.717) is 12.2 Å². The average molecular weight is 219 g/mol. The highest BCUT2D eigenvalue weighted by atomic mass is 16.5. The Kier molecular flexibility index (Phi) is 10.6. The molecule has 0 spiro atoms. The third-order valence-electron chi connectivity index (χ3n) is 1.30. The van der Waals surface area contributed by atoms with Crippen molar-refractivity contribution in [3.63, 3.8) is 0 Å². The Morgan fingerprint density at radius 2 is 1.93 bits per heavy atom. The molecule has 1 amide bonds. The number of aliphatic hydroxyl groups is 2. The number of rotatable bonds is 5. The number of carbonyl (C=O) groups is 1. The second-order valence-electron chi connectivity index (χ2n) is 3.32. The number of carbonyl (C=O) groups excluding carboxylic acids is 1. The molecule has 0 aromatic rings. The van der Waals surface area contributed by atoms with Crippen LogP contribution in [0.15, 0.2) is 12.2 Å². The first kappa shape index (κ1) is 16.5. The zero-order valence-corrected chi connectivity index (χ0v) is 9.56. The van der Waals surface area contributed by atoms with Crippen LogP contribution < -0.4 is 5.73 Å². The van der Waals surface area contributed by atoms with E-state index in [9.17, 15) is 4.79 Å². The summed E-state index contributed by atoms with van der Waals surface area (Å²) in [5.41, 5.74) is 5.09. The van der Waals surface area contributed by atoms with E-state index in [1.165, 1.54) is 0 Å². The van der Waals surface area contributed by atoms with Crippen molar-refractivity contribution >= 4 is 5.91 Å². The van der Waals surface area contributed by atoms with Crippen molar-refractivity contribution in [1.82, 2.24) is 0 Å². The molecular weight excluding hydrogens is 198 g/mol. The van der Waals surface area contributed by atoms with E-state index in [0.717, 1.165) is 0 Å². The summed E-state index contributed by atoms with van der Waals surface area (Å²) in [6.45, 7) is 8.55. The quantitative estimate of drug-likeness (QED) is 0.559. The molecular formula is C10H21NO4. The Hall–Kier alpha value is -0.910. The van der Waals surface area contributed by atoms with Crippen LogP contribution >= 0.6 is 0 Å². The maximum absolute atomic E-state index is 9.82. The number of amides is 1. The summed E-state index contributed by atoms with van der Waals surface area (Å²) in [5.74, 6) is -0.435. The molecule has 5 heteroatoms. The third-order valence-corrected chi connectivity index (χ3v) is 1.30. The summed E-state index contributed by atoms with van der Waals surface area (Å²) in [6, 6.07) is 0. The zero-order valence-electron chi connectivity index (χ0n) is 9.56. The SMILES string of the molecule is C=C(C)C(N)=O.CC(O)COC(C)CO. The molecule has 0 aliphatic rings. The summed E-state index contributed by atoms with van der Waals surface area (Å²) in [5, 5.41) is 17.1. The molecule has 0 aromatic carbocycles.